The van der Waals surface area contributed by atoms with Crippen LogP contribution in [0, 0.1) is 5.92 Å². The van der Waals surface area contributed by atoms with E-state index in [-0.39, 0.29) is 24.0 Å². The number of halogens is 1. The van der Waals surface area contributed by atoms with Crippen molar-refractivity contribution < 1.29 is 9.53 Å². The topological polar surface area (TPSA) is 78.0 Å². The summed E-state index contributed by atoms with van der Waals surface area (Å²) in [6.45, 7) is 12.6. The number of nitrogens with one attached hydrogen (secondary N) is 3. The number of hydrogen-bond donors (Lipinski definition) is 3. The van der Waals surface area contributed by atoms with Gasteiger partial charge in [0, 0.05) is 32.7 Å². The number of amides is 1. The van der Waals surface area contributed by atoms with Crippen molar-refractivity contribution in [1.82, 2.24) is 20.9 Å². The molecular weight excluding hydrogens is 421 g/mol. The normalized spacial score (nSPS) is 18.7. The fourth-order valence-electron chi connectivity index (χ4n) is 2.40. The van der Waals surface area contributed by atoms with Gasteiger partial charge < -0.3 is 25.6 Å². The summed E-state index contributed by atoms with van der Waals surface area (Å²) in [6.07, 6.45) is 0.815. The zero-order valence-electron chi connectivity index (χ0n) is 15.6. The second kappa shape index (κ2) is 11.7. The number of nitrogens with zero attached hydrogens (tertiary/aromatic N) is 2. The number of likely N-dealkylation sites (tertiary alicyclic amines) is 1. The number of carbonyl (C=O) groups excluding carboxylic acids is 1. The Morgan fingerprint density at radius 1 is 1.25 bits per heavy atom. The van der Waals surface area contributed by atoms with Crippen molar-refractivity contribution in [2.45, 2.75) is 39.7 Å². The standard InChI is InChI=1S/C16H33N5O2.HI/c1-6-17-14(20-11-13-7-10-21(5)12-13)18-8-9-19-15(22)23-16(2,3)4;/h13H,6-12H2,1-5H3,(H,19,22)(H2,17,18,20);1H. The van der Waals surface area contributed by atoms with Crippen molar-refractivity contribution in [1.29, 1.82) is 0 Å². The third-order valence-corrected chi connectivity index (χ3v) is 3.43. The minimum atomic E-state index is -0.470. The Morgan fingerprint density at radius 2 is 1.92 bits per heavy atom. The van der Waals surface area contributed by atoms with Crippen LogP contribution in [0.5, 0.6) is 0 Å². The van der Waals surface area contributed by atoms with Crippen LogP contribution in [0.1, 0.15) is 34.1 Å². The van der Waals surface area contributed by atoms with Crippen LogP contribution in [-0.4, -0.2) is 68.9 Å². The quantitative estimate of drug-likeness (QED) is 0.246. The van der Waals surface area contributed by atoms with Crippen molar-refractivity contribution in [3.63, 3.8) is 0 Å². The van der Waals surface area contributed by atoms with Gasteiger partial charge in [-0.25, -0.2) is 4.79 Å². The summed E-state index contributed by atoms with van der Waals surface area (Å²) in [6, 6.07) is 0. The van der Waals surface area contributed by atoms with Gasteiger partial charge in [0.05, 0.1) is 0 Å². The first-order valence-electron chi connectivity index (χ1n) is 8.47. The molecule has 1 heterocycles. The van der Waals surface area contributed by atoms with Crippen LogP contribution in [0.3, 0.4) is 0 Å². The molecule has 1 rings (SSSR count). The minimum absolute atomic E-state index is 0. The van der Waals surface area contributed by atoms with Gasteiger partial charge in [-0.2, -0.15) is 0 Å². The zero-order valence-corrected chi connectivity index (χ0v) is 18.0. The highest BCUT2D eigenvalue weighted by atomic mass is 127. The first-order chi connectivity index (χ1) is 10.8. The Labute approximate surface area is 163 Å². The lowest BCUT2D eigenvalue weighted by molar-refractivity contribution is 0.0529. The molecule has 1 fully saturated rings. The van der Waals surface area contributed by atoms with Crippen molar-refractivity contribution in [3.05, 3.63) is 0 Å². The van der Waals surface area contributed by atoms with Gasteiger partial charge in [-0.15, -0.1) is 24.0 Å². The maximum atomic E-state index is 11.5. The lowest BCUT2D eigenvalue weighted by atomic mass is 10.1. The van der Waals surface area contributed by atoms with E-state index in [1.165, 1.54) is 6.42 Å². The molecule has 0 bridgehead atoms. The number of hydrogen-bond acceptors (Lipinski definition) is 4. The Morgan fingerprint density at radius 3 is 2.46 bits per heavy atom. The highest BCUT2D eigenvalue weighted by Gasteiger charge is 2.19. The van der Waals surface area contributed by atoms with Crippen LogP contribution in [0.25, 0.3) is 0 Å². The molecule has 7 nitrogen and oxygen atoms in total. The molecule has 0 spiro atoms. The van der Waals surface area contributed by atoms with Gasteiger partial charge in [0.15, 0.2) is 5.96 Å². The second-order valence-electron chi connectivity index (χ2n) is 6.99. The SMILES string of the molecule is CCNC(=NCC1CCN(C)C1)NCCNC(=O)OC(C)(C)C.I. The largest absolute Gasteiger partial charge is 0.444 e. The van der Waals surface area contributed by atoms with Gasteiger partial charge in [-0.05, 0) is 53.6 Å². The number of guanidine groups is 1. The predicted molar refractivity (Wildman–Crippen MR) is 109 cm³/mol. The highest BCUT2D eigenvalue weighted by Crippen LogP contribution is 2.14. The van der Waals surface area contributed by atoms with E-state index in [0.717, 1.165) is 32.1 Å². The number of aliphatic imine (C=N–C) groups is 1. The molecule has 0 aromatic heterocycles. The molecule has 142 valence electrons. The Bertz CT molecular complexity index is 398. The van der Waals surface area contributed by atoms with E-state index in [9.17, 15) is 4.79 Å². The summed E-state index contributed by atoms with van der Waals surface area (Å²) in [5, 5.41) is 9.18. The van der Waals surface area contributed by atoms with Crippen molar-refractivity contribution in [3.8, 4) is 0 Å². The molecule has 1 unspecified atom stereocenters. The van der Waals surface area contributed by atoms with Crippen molar-refractivity contribution in [2.24, 2.45) is 10.9 Å². The van der Waals surface area contributed by atoms with Gasteiger partial charge >= 0.3 is 6.09 Å². The Balaban J connectivity index is 0.00000529. The minimum Gasteiger partial charge on any atom is -0.444 e. The molecular formula is C16H34IN5O2. The van der Waals surface area contributed by atoms with E-state index in [0.29, 0.717) is 19.0 Å². The van der Waals surface area contributed by atoms with Crippen LogP contribution in [0.15, 0.2) is 4.99 Å². The summed E-state index contributed by atoms with van der Waals surface area (Å²) >= 11 is 0. The van der Waals surface area contributed by atoms with Crippen LogP contribution >= 0.6 is 24.0 Å². The van der Waals surface area contributed by atoms with E-state index < -0.39 is 11.7 Å². The summed E-state index contributed by atoms with van der Waals surface area (Å²) in [7, 11) is 2.15. The number of alkyl carbamates (subject to hydrolysis) is 1. The lowest BCUT2D eigenvalue weighted by Gasteiger charge is -2.20. The first-order valence-corrected chi connectivity index (χ1v) is 8.47. The molecule has 1 atom stereocenters. The predicted octanol–water partition coefficient (Wildman–Crippen LogP) is 1.64. The third-order valence-electron chi connectivity index (χ3n) is 3.43. The lowest BCUT2D eigenvalue weighted by Crippen LogP contribution is -2.42. The van der Waals surface area contributed by atoms with E-state index >= 15 is 0 Å². The number of carbonyl (C=O) groups is 1. The van der Waals surface area contributed by atoms with Gasteiger partial charge in [0.2, 0.25) is 0 Å². The highest BCUT2D eigenvalue weighted by molar-refractivity contribution is 14.0. The summed E-state index contributed by atoms with van der Waals surface area (Å²) in [5.74, 6) is 1.43. The van der Waals surface area contributed by atoms with Crippen molar-refractivity contribution in [2.75, 3.05) is 46.3 Å². The molecule has 24 heavy (non-hydrogen) atoms. The van der Waals surface area contributed by atoms with Crippen LogP contribution in [0.2, 0.25) is 0 Å². The van der Waals surface area contributed by atoms with Gasteiger partial charge in [0.1, 0.15) is 5.60 Å². The summed E-state index contributed by atoms with van der Waals surface area (Å²) in [5.41, 5.74) is -0.470. The van der Waals surface area contributed by atoms with E-state index in [1.54, 1.807) is 0 Å². The fourth-order valence-corrected chi connectivity index (χ4v) is 2.40. The smallest absolute Gasteiger partial charge is 0.407 e. The first kappa shape index (κ1) is 23.2. The molecule has 1 aliphatic heterocycles. The maximum Gasteiger partial charge on any atom is 0.407 e. The molecule has 0 radical (unpaired) electrons. The molecule has 0 saturated carbocycles. The molecule has 8 heteroatoms. The summed E-state index contributed by atoms with van der Waals surface area (Å²) in [4.78, 5) is 18.5. The Kier molecular flexibility index (Phi) is 11.4. The average Bonchev–Trinajstić information content (AvgIpc) is 2.84. The Hall–Kier alpha value is -0.770. The van der Waals surface area contributed by atoms with E-state index in [1.807, 2.05) is 27.7 Å². The van der Waals surface area contributed by atoms with Crippen LogP contribution in [-0.2, 0) is 4.74 Å². The van der Waals surface area contributed by atoms with E-state index in [2.05, 4.69) is 32.9 Å². The molecule has 3 N–H and O–H groups in total. The molecule has 0 aromatic rings. The van der Waals surface area contributed by atoms with Gasteiger partial charge in [-0.3, -0.25) is 4.99 Å². The second-order valence-corrected chi connectivity index (χ2v) is 6.99. The van der Waals surface area contributed by atoms with Gasteiger partial charge in [-0.1, -0.05) is 0 Å². The van der Waals surface area contributed by atoms with E-state index in [4.69, 9.17) is 4.74 Å². The molecule has 1 amide bonds. The van der Waals surface area contributed by atoms with Crippen LogP contribution in [0.4, 0.5) is 4.79 Å². The molecule has 0 aliphatic carbocycles. The maximum absolute atomic E-state index is 11.5. The fraction of sp³-hybridized carbons (Fsp3) is 0.875. The average molecular weight is 455 g/mol. The van der Waals surface area contributed by atoms with Crippen LogP contribution < -0.4 is 16.0 Å². The van der Waals surface area contributed by atoms with Crippen molar-refractivity contribution >= 4 is 36.0 Å². The number of ether oxygens (including phenoxy) is 1. The monoisotopic (exact) mass is 455 g/mol. The molecule has 1 saturated heterocycles. The summed E-state index contributed by atoms with van der Waals surface area (Å²) < 4.78 is 5.19. The molecule has 0 aromatic carbocycles. The van der Waals surface area contributed by atoms with Gasteiger partial charge in [0.25, 0.3) is 0 Å². The molecule has 1 aliphatic rings. The third kappa shape index (κ3) is 10.9. The number of rotatable bonds is 6. The zero-order chi connectivity index (χ0) is 17.3.